The molecule has 0 radical (unpaired) electrons. The van der Waals surface area contributed by atoms with Crippen LogP contribution in [0.1, 0.15) is 19.0 Å². The van der Waals surface area contributed by atoms with Gasteiger partial charge >= 0.3 is 0 Å². The maximum atomic E-state index is 5.45. The summed E-state index contributed by atoms with van der Waals surface area (Å²) in [5, 5.41) is 3.28. The molecule has 1 unspecified atom stereocenters. The van der Waals surface area contributed by atoms with Gasteiger partial charge in [0.2, 0.25) is 0 Å². The lowest BCUT2D eigenvalue weighted by molar-refractivity contribution is 0.0183. The van der Waals surface area contributed by atoms with Crippen LogP contribution in [0, 0.1) is 0 Å². The maximum absolute atomic E-state index is 5.45. The first-order valence-corrected chi connectivity index (χ1v) is 8.09. The normalized spacial score (nSPS) is 24.3. The summed E-state index contributed by atoms with van der Waals surface area (Å²) < 4.78 is 5.45. The molecule has 1 N–H and O–H groups in total. The molecule has 0 aliphatic carbocycles. The lowest BCUT2D eigenvalue weighted by atomic mass is 10.2. The predicted molar refractivity (Wildman–Crippen MR) is 84.5 cm³/mol. The minimum Gasteiger partial charge on any atom is -0.379 e. The van der Waals surface area contributed by atoms with Crippen molar-refractivity contribution in [2.45, 2.75) is 25.9 Å². The van der Waals surface area contributed by atoms with Crippen molar-refractivity contribution in [3.05, 3.63) is 23.9 Å². The van der Waals surface area contributed by atoms with Gasteiger partial charge in [0.25, 0.3) is 0 Å². The number of hydrogen-bond donors (Lipinski definition) is 1. The number of morpholine rings is 1. The van der Waals surface area contributed by atoms with E-state index in [1.807, 2.05) is 6.07 Å². The van der Waals surface area contributed by atoms with Crippen LogP contribution in [-0.4, -0.2) is 66.8 Å². The number of nitrogens with zero attached hydrogens (tertiary/aromatic N) is 3. The monoisotopic (exact) mass is 290 g/mol. The molecule has 3 rings (SSSR count). The molecular weight excluding hydrogens is 264 g/mol. The number of aromatic nitrogens is 1. The summed E-state index contributed by atoms with van der Waals surface area (Å²) in [7, 11) is 0. The zero-order valence-electron chi connectivity index (χ0n) is 12.9. The van der Waals surface area contributed by atoms with Gasteiger partial charge in [0.1, 0.15) is 5.82 Å². The third-order valence-electron chi connectivity index (χ3n) is 4.36. The van der Waals surface area contributed by atoms with Gasteiger partial charge in [0.05, 0.1) is 18.9 Å². The van der Waals surface area contributed by atoms with E-state index in [2.05, 4.69) is 39.2 Å². The highest BCUT2D eigenvalue weighted by Gasteiger charge is 2.28. The molecule has 21 heavy (non-hydrogen) atoms. The third kappa shape index (κ3) is 3.93. The lowest BCUT2D eigenvalue weighted by Crippen LogP contribution is -2.44. The van der Waals surface area contributed by atoms with E-state index in [4.69, 9.17) is 4.74 Å². The molecule has 0 spiro atoms. The van der Waals surface area contributed by atoms with E-state index in [1.165, 1.54) is 13.0 Å². The van der Waals surface area contributed by atoms with Crippen LogP contribution < -0.4 is 5.32 Å². The van der Waals surface area contributed by atoms with Crippen LogP contribution in [0.25, 0.3) is 0 Å². The quantitative estimate of drug-likeness (QED) is 0.888. The number of nitrogens with one attached hydrogen (secondary N) is 1. The Bertz CT molecular complexity index is 448. The molecule has 3 heterocycles. The highest BCUT2D eigenvalue weighted by atomic mass is 16.5. The van der Waals surface area contributed by atoms with E-state index in [1.54, 1.807) is 0 Å². The van der Waals surface area contributed by atoms with Crippen LogP contribution in [0.2, 0.25) is 0 Å². The van der Waals surface area contributed by atoms with E-state index in [9.17, 15) is 0 Å². The second-order valence-corrected chi connectivity index (χ2v) is 5.87. The van der Waals surface area contributed by atoms with E-state index in [0.29, 0.717) is 6.04 Å². The fraction of sp³-hybridized carbons (Fsp3) is 0.688. The van der Waals surface area contributed by atoms with Crippen LogP contribution >= 0.6 is 0 Å². The molecule has 5 nitrogen and oxygen atoms in total. The summed E-state index contributed by atoms with van der Waals surface area (Å²) in [4.78, 5) is 9.79. The molecule has 2 saturated heterocycles. The molecular formula is C16H26N4O. The molecule has 2 fully saturated rings. The zero-order chi connectivity index (χ0) is 14.5. The fourth-order valence-electron chi connectivity index (χ4n) is 3.27. The molecule has 1 aromatic heterocycles. The Hall–Kier alpha value is -1.17. The van der Waals surface area contributed by atoms with Crippen molar-refractivity contribution in [2.75, 3.05) is 51.3 Å². The molecule has 1 atom stereocenters. The maximum Gasteiger partial charge on any atom is 0.126 e. The number of anilines is 1. The third-order valence-corrected chi connectivity index (χ3v) is 4.36. The van der Waals surface area contributed by atoms with Gasteiger partial charge in [-0.3, -0.25) is 9.80 Å². The molecule has 5 heteroatoms. The van der Waals surface area contributed by atoms with Gasteiger partial charge in [-0.25, -0.2) is 4.98 Å². The van der Waals surface area contributed by atoms with Crippen LogP contribution in [0.5, 0.6) is 0 Å². The Morgan fingerprint density at radius 3 is 2.95 bits per heavy atom. The number of likely N-dealkylation sites (tertiary alicyclic amines) is 1. The van der Waals surface area contributed by atoms with Crippen LogP contribution in [0.4, 0.5) is 5.82 Å². The molecule has 0 aromatic carbocycles. The number of rotatable bonds is 5. The van der Waals surface area contributed by atoms with Gasteiger partial charge in [-0.05, 0) is 25.5 Å². The smallest absolute Gasteiger partial charge is 0.126 e. The van der Waals surface area contributed by atoms with Gasteiger partial charge in [0.15, 0.2) is 0 Å². The molecule has 0 amide bonds. The number of hydrogen-bond acceptors (Lipinski definition) is 5. The molecule has 116 valence electrons. The first-order valence-electron chi connectivity index (χ1n) is 8.09. The molecule has 1 aromatic rings. The van der Waals surface area contributed by atoms with Crippen molar-refractivity contribution in [1.29, 1.82) is 0 Å². The summed E-state index contributed by atoms with van der Waals surface area (Å²) in [6.07, 6.45) is 1.27. The molecule has 2 aliphatic heterocycles. The minimum absolute atomic E-state index is 0.700. The Labute approximate surface area is 127 Å². The summed E-state index contributed by atoms with van der Waals surface area (Å²) >= 11 is 0. The SMILES string of the molecule is CCNc1cccc(CN2CCC(N3CCOCC3)C2)n1. The van der Waals surface area contributed by atoms with E-state index >= 15 is 0 Å². The summed E-state index contributed by atoms with van der Waals surface area (Å²) in [5.41, 5.74) is 1.16. The van der Waals surface area contributed by atoms with Crippen molar-refractivity contribution in [3.8, 4) is 0 Å². The Morgan fingerprint density at radius 2 is 2.14 bits per heavy atom. The standard InChI is InChI=1S/C16H26N4O/c1-2-17-16-5-3-4-14(18-16)12-19-7-6-15(13-19)20-8-10-21-11-9-20/h3-5,15H,2,6-13H2,1H3,(H,17,18). The van der Waals surface area contributed by atoms with Crippen molar-refractivity contribution in [1.82, 2.24) is 14.8 Å². The highest BCUT2D eigenvalue weighted by Crippen LogP contribution is 2.19. The first-order chi connectivity index (χ1) is 10.3. The number of ether oxygens (including phenoxy) is 1. The summed E-state index contributed by atoms with van der Waals surface area (Å²) in [5.74, 6) is 0.985. The molecule has 0 bridgehead atoms. The van der Waals surface area contributed by atoms with E-state index < -0.39 is 0 Å². The van der Waals surface area contributed by atoms with E-state index in [-0.39, 0.29) is 0 Å². The van der Waals surface area contributed by atoms with Crippen molar-refractivity contribution < 1.29 is 4.74 Å². The number of pyridine rings is 1. The zero-order valence-corrected chi connectivity index (χ0v) is 12.9. The molecule has 0 saturated carbocycles. The van der Waals surface area contributed by atoms with Crippen molar-refractivity contribution in [3.63, 3.8) is 0 Å². The van der Waals surface area contributed by atoms with E-state index in [0.717, 1.165) is 57.4 Å². The van der Waals surface area contributed by atoms with Gasteiger partial charge in [-0.15, -0.1) is 0 Å². The topological polar surface area (TPSA) is 40.6 Å². The average Bonchev–Trinajstić information content (AvgIpc) is 2.97. The first kappa shape index (κ1) is 14.8. The van der Waals surface area contributed by atoms with Gasteiger partial charge in [-0.2, -0.15) is 0 Å². The van der Waals surface area contributed by atoms with Gasteiger partial charge < -0.3 is 10.1 Å². The van der Waals surface area contributed by atoms with Crippen LogP contribution in [-0.2, 0) is 11.3 Å². The second-order valence-electron chi connectivity index (χ2n) is 5.87. The highest BCUT2D eigenvalue weighted by molar-refractivity contribution is 5.35. The average molecular weight is 290 g/mol. The van der Waals surface area contributed by atoms with Crippen molar-refractivity contribution in [2.24, 2.45) is 0 Å². The molecule has 2 aliphatic rings. The Balaban J connectivity index is 1.53. The van der Waals surface area contributed by atoms with Gasteiger partial charge in [0, 0.05) is 45.3 Å². The Kier molecular flexibility index (Phi) is 5.06. The summed E-state index contributed by atoms with van der Waals surface area (Å²) in [6.45, 7) is 10.3. The fourth-order valence-corrected chi connectivity index (χ4v) is 3.27. The summed E-state index contributed by atoms with van der Waals surface area (Å²) in [6, 6.07) is 6.96. The Morgan fingerprint density at radius 1 is 1.29 bits per heavy atom. The predicted octanol–water partition coefficient (Wildman–Crippen LogP) is 1.42. The van der Waals surface area contributed by atoms with Crippen molar-refractivity contribution >= 4 is 5.82 Å². The largest absolute Gasteiger partial charge is 0.379 e. The van der Waals surface area contributed by atoms with Crippen LogP contribution in [0.3, 0.4) is 0 Å². The minimum atomic E-state index is 0.700. The van der Waals surface area contributed by atoms with Gasteiger partial charge in [-0.1, -0.05) is 6.07 Å². The lowest BCUT2D eigenvalue weighted by Gasteiger charge is -2.32. The van der Waals surface area contributed by atoms with Crippen LogP contribution in [0.15, 0.2) is 18.2 Å². The second kappa shape index (κ2) is 7.20.